The van der Waals surface area contributed by atoms with Gasteiger partial charge in [0.15, 0.2) is 0 Å². The van der Waals surface area contributed by atoms with Crippen LogP contribution in [-0.2, 0) is 4.74 Å². The third-order valence-corrected chi connectivity index (χ3v) is 2.89. The summed E-state index contributed by atoms with van der Waals surface area (Å²) >= 11 is 0. The van der Waals surface area contributed by atoms with Crippen LogP contribution in [0.15, 0.2) is 24.3 Å². The first-order valence-electron chi connectivity index (χ1n) is 5.26. The van der Waals surface area contributed by atoms with Crippen molar-refractivity contribution >= 4 is 5.69 Å². The van der Waals surface area contributed by atoms with Crippen molar-refractivity contribution in [3.8, 4) is 5.75 Å². The van der Waals surface area contributed by atoms with Gasteiger partial charge in [0, 0.05) is 13.2 Å². The molecule has 0 radical (unpaired) electrons. The molecule has 1 N–H and O–H groups in total. The summed E-state index contributed by atoms with van der Waals surface area (Å²) in [6, 6.07) is 8.51. The summed E-state index contributed by atoms with van der Waals surface area (Å²) in [6.45, 7) is 0. The Hall–Kier alpha value is -1.22. The van der Waals surface area contributed by atoms with E-state index in [-0.39, 0.29) is 0 Å². The highest BCUT2D eigenvalue weighted by Gasteiger charge is 2.29. The monoisotopic (exact) mass is 207 g/mol. The number of ether oxygens (including phenoxy) is 2. The summed E-state index contributed by atoms with van der Waals surface area (Å²) in [7, 11) is 3.46. The maximum atomic E-state index is 5.27. The molecule has 0 aromatic heterocycles. The van der Waals surface area contributed by atoms with Crippen LogP contribution >= 0.6 is 0 Å². The number of benzene rings is 1. The highest BCUT2D eigenvalue weighted by molar-refractivity contribution is 5.56. The van der Waals surface area contributed by atoms with E-state index in [1.165, 1.54) is 0 Å². The van der Waals surface area contributed by atoms with Crippen molar-refractivity contribution in [3.63, 3.8) is 0 Å². The Morgan fingerprint density at radius 3 is 2.60 bits per heavy atom. The van der Waals surface area contributed by atoms with E-state index in [1.807, 2.05) is 24.3 Å². The molecule has 0 aliphatic heterocycles. The molecule has 1 fully saturated rings. The third kappa shape index (κ3) is 2.23. The second-order valence-corrected chi connectivity index (χ2v) is 3.87. The minimum Gasteiger partial charge on any atom is -0.495 e. The number of anilines is 1. The second kappa shape index (κ2) is 4.53. The average Bonchev–Trinajstić information content (AvgIpc) is 2.23. The van der Waals surface area contributed by atoms with Crippen molar-refractivity contribution in [2.24, 2.45) is 0 Å². The van der Waals surface area contributed by atoms with Gasteiger partial charge in [-0.15, -0.1) is 0 Å². The molecular formula is C12H17NO2. The van der Waals surface area contributed by atoms with Crippen molar-refractivity contribution in [1.82, 2.24) is 0 Å². The zero-order valence-electron chi connectivity index (χ0n) is 9.19. The van der Waals surface area contributed by atoms with Gasteiger partial charge in [0.25, 0.3) is 0 Å². The lowest BCUT2D eigenvalue weighted by Gasteiger charge is -2.35. The Labute approximate surface area is 90.4 Å². The van der Waals surface area contributed by atoms with Crippen LogP contribution < -0.4 is 10.1 Å². The molecule has 3 heteroatoms. The number of hydrogen-bond acceptors (Lipinski definition) is 3. The van der Waals surface area contributed by atoms with Gasteiger partial charge in [-0.3, -0.25) is 0 Å². The van der Waals surface area contributed by atoms with Gasteiger partial charge < -0.3 is 14.8 Å². The van der Waals surface area contributed by atoms with Crippen LogP contribution in [0.3, 0.4) is 0 Å². The van der Waals surface area contributed by atoms with Gasteiger partial charge in [-0.2, -0.15) is 0 Å². The standard InChI is InChI=1S/C12H17NO2/c1-14-10-7-9(8-10)13-11-5-3-4-6-12(11)15-2/h3-6,9-10,13H,7-8H2,1-2H3. The summed E-state index contributed by atoms with van der Waals surface area (Å²) in [4.78, 5) is 0. The quantitative estimate of drug-likeness (QED) is 0.821. The van der Waals surface area contributed by atoms with Crippen LogP contribution in [0.1, 0.15) is 12.8 Å². The van der Waals surface area contributed by atoms with E-state index >= 15 is 0 Å². The van der Waals surface area contributed by atoms with Crippen LogP contribution in [0.4, 0.5) is 5.69 Å². The van der Waals surface area contributed by atoms with Crippen LogP contribution in [0.5, 0.6) is 5.75 Å². The molecule has 0 heterocycles. The van der Waals surface area contributed by atoms with Crippen LogP contribution in [0.2, 0.25) is 0 Å². The maximum absolute atomic E-state index is 5.27. The molecule has 1 aromatic rings. The van der Waals surface area contributed by atoms with Crippen molar-refractivity contribution in [1.29, 1.82) is 0 Å². The van der Waals surface area contributed by atoms with Crippen LogP contribution in [0, 0.1) is 0 Å². The molecular weight excluding hydrogens is 190 g/mol. The molecule has 1 aromatic carbocycles. The van der Waals surface area contributed by atoms with Gasteiger partial charge in [-0.05, 0) is 25.0 Å². The Kier molecular flexibility index (Phi) is 3.11. The van der Waals surface area contributed by atoms with E-state index in [0.717, 1.165) is 24.3 Å². The molecule has 0 saturated heterocycles. The number of para-hydroxylation sites is 2. The summed E-state index contributed by atoms with van der Waals surface area (Å²) in [5.74, 6) is 0.901. The van der Waals surface area contributed by atoms with Gasteiger partial charge in [0.1, 0.15) is 5.75 Å². The molecule has 0 atom stereocenters. The van der Waals surface area contributed by atoms with Gasteiger partial charge in [-0.1, -0.05) is 12.1 Å². The first kappa shape index (κ1) is 10.3. The minimum atomic E-state index is 0.428. The van der Waals surface area contributed by atoms with Crippen molar-refractivity contribution in [2.75, 3.05) is 19.5 Å². The summed E-state index contributed by atoms with van der Waals surface area (Å²) in [5.41, 5.74) is 1.07. The highest BCUT2D eigenvalue weighted by atomic mass is 16.5. The highest BCUT2D eigenvalue weighted by Crippen LogP contribution is 2.30. The van der Waals surface area contributed by atoms with Crippen molar-refractivity contribution < 1.29 is 9.47 Å². The van der Waals surface area contributed by atoms with E-state index in [1.54, 1.807) is 14.2 Å². The molecule has 0 unspecified atom stereocenters. The Bertz CT molecular complexity index is 321. The third-order valence-electron chi connectivity index (χ3n) is 2.89. The molecule has 1 saturated carbocycles. The van der Waals surface area contributed by atoms with Gasteiger partial charge in [0.2, 0.25) is 0 Å². The molecule has 3 nitrogen and oxygen atoms in total. The molecule has 0 amide bonds. The Balaban J connectivity index is 1.94. The van der Waals surface area contributed by atoms with Gasteiger partial charge in [0.05, 0.1) is 18.9 Å². The Morgan fingerprint density at radius 2 is 1.93 bits per heavy atom. The normalized spacial score (nSPS) is 24.4. The smallest absolute Gasteiger partial charge is 0.141 e. The number of rotatable bonds is 4. The summed E-state index contributed by atoms with van der Waals surface area (Å²) < 4.78 is 10.5. The molecule has 15 heavy (non-hydrogen) atoms. The Morgan fingerprint density at radius 1 is 1.20 bits per heavy atom. The predicted octanol–water partition coefficient (Wildman–Crippen LogP) is 2.28. The van der Waals surface area contributed by atoms with E-state index in [9.17, 15) is 0 Å². The molecule has 2 rings (SSSR count). The second-order valence-electron chi connectivity index (χ2n) is 3.87. The fraction of sp³-hybridized carbons (Fsp3) is 0.500. The average molecular weight is 207 g/mol. The molecule has 82 valence electrons. The lowest BCUT2D eigenvalue weighted by atomic mass is 9.89. The van der Waals surface area contributed by atoms with Crippen molar-refractivity contribution in [2.45, 2.75) is 25.0 Å². The van der Waals surface area contributed by atoms with Gasteiger partial charge >= 0.3 is 0 Å². The first-order valence-corrected chi connectivity index (χ1v) is 5.26. The van der Waals surface area contributed by atoms with Crippen molar-refractivity contribution in [3.05, 3.63) is 24.3 Å². The largest absolute Gasteiger partial charge is 0.495 e. The fourth-order valence-corrected chi connectivity index (χ4v) is 1.86. The van der Waals surface area contributed by atoms with Crippen LogP contribution in [-0.4, -0.2) is 26.4 Å². The zero-order chi connectivity index (χ0) is 10.7. The summed E-state index contributed by atoms with van der Waals surface area (Å²) in [5, 5.41) is 3.46. The number of nitrogens with one attached hydrogen (secondary N) is 1. The van der Waals surface area contributed by atoms with E-state index < -0.39 is 0 Å². The molecule has 1 aliphatic carbocycles. The number of hydrogen-bond donors (Lipinski definition) is 1. The van der Waals surface area contributed by atoms with Crippen LogP contribution in [0.25, 0.3) is 0 Å². The van der Waals surface area contributed by atoms with E-state index in [4.69, 9.17) is 9.47 Å². The van der Waals surface area contributed by atoms with Gasteiger partial charge in [-0.25, -0.2) is 0 Å². The molecule has 1 aliphatic rings. The lowest BCUT2D eigenvalue weighted by molar-refractivity contribution is 0.0328. The fourth-order valence-electron chi connectivity index (χ4n) is 1.86. The zero-order valence-corrected chi connectivity index (χ0v) is 9.19. The first-order chi connectivity index (χ1) is 7.33. The maximum Gasteiger partial charge on any atom is 0.141 e. The predicted molar refractivity (Wildman–Crippen MR) is 60.4 cm³/mol. The molecule has 0 bridgehead atoms. The molecule has 0 spiro atoms. The van der Waals surface area contributed by atoms with E-state index in [2.05, 4.69) is 5.32 Å². The number of methoxy groups -OCH3 is 2. The minimum absolute atomic E-state index is 0.428. The van der Waals surface area contributed by atoms with E-state index in [0.29, 0.717) is 12.1 Å². The SMILES string of the molecule is COc1ccccc1NC1CC(OC)C1. The summed E-state index contributed by atoms with van der Waals surface area (Å²) in [6.07, 6.45) is 2.58. The lowest BCUT2D eigenvalue weighted by Crippen LogP contribution is -2.40. The topological polar surface area (TPSA) is 30.5 Å².